The van der Waals surface area contributed by atoms with E-state index < -0.39 is 6.04 Å². The molecule has 1 saturated heterocycles. The van der Waals surface area contributed by atoms with Crippen LogP contribution in [0.25, 0.3) is 0 Å². The van der Waals surface area contributed by atoms with E-state index in [9.17, 15) is 9.59 Å². The monoisotopic (exact) mass is 239 g/mol. The van der Waals surface area contributed by atoms with Crippen LogP contribution in [0.1, 0.15) is 25.7 Å². The molecule has 0 aliphatic carbocycles. The first-order valence-electron chi connectivity index (χ1n) is 6.07. The van der Waals surface area contributed by atoms with E-state index in [1.54, 1.807) is 11.0 Å². The van der Waals surface area contributed by atoms with Crippen molar-refractivity contribution in [1.82, 2.24) is 10.2 Å². The molecular weight excluding hydrogens is 218 g/mol. The van der Waals surface area contributed by atoms with Crippen LogP contribution in [0.2, 0.25) is 0 Å². The largest absolute Gasteiger partial charge is 0.346 e. The van der Waals surface area contributed by atoms with Crippen molar-refractivity contribution in [1.29, 1.82) is 0 Å². The highest BCUT2D eigenvalue weighted by Crippen LogP contribution is 2.08. The fourth-order valence-electron chi connectivity index (χ4n) is 1.84. The lowest BCUT2D eigenvalue weighted by atomic mass is 10.1. The van der Waals surface area contributed by atoms with E-state index in [-0.39, 0.29) is 18.4 Å². The van der Waals surface area contributed by atoms with Crippen molar-refractivity contribution in [2.75, 3.05) is 19.6 Å². The Labute approximate surface area is 102 Å². The van der Waals surface area contributed by atoms with E-state index >= 15 is 0 Å². The van der Waals surface area contributed by atoms with E-state index in [1.165, 1.54) is 6.42 Å². The molecule has 1 atom stereocenters. The lowest BCUT2D eigenvalue weighted by molar-refractivity contribution is -0.133. The molecule has 0 bridgehead atoms. The Morgan fingerprint density at radius 3 is 2.59 bits per heavy atom. The first kappa shape index (κ1) is 13.7. The van der Waals surface area contributed by atoms with Gasteiger partial charge in [-0.3, -0.25) is 9.59 Å². The number of hydrogen-bond acceptors (Lipinski definition) is 3. The van der Waals surface area contributed by atoms with Crippen molar-refractivity contribution in [3.63, 3.8) is 0 Å². The molecule has 1 unspecified atom stereocenters. The highest BCUT2D eigenvalue weighted by Gasteiger charge is 2.18. The van der Waals surface area contributed by atoms with Gasteiger partial charge in [-0.05, 0) is 25.7 Å². The van der Waals surface area contributed by atoms with Crippen molar-refractivity contribution in [3.8, 4) is 0 Å². The summed E-state index contributed by atoms with van der Waals surface area (Å²) in [6.45, 7) is 5.16. The maximum atomic E-state index is 11.7. The van der Waals surface area contributed by atoms with E-state index in [1.807, 2.05) is 0 Å². The molecule has 17 heavy (non-hydrogen) atoms. The normalized spacial score (nSPS) is 17.4. The Bertz CT molecular complexity index is 285. The van der Waals surface area contributed by atoms with Crippen LogP contribution in [-0.2, 0) is 9.59 Å². The fourth-order valence-corrected chi connectivity index (χ4v) is 1.84. The minimum absolute atomic E-state index is 0.0242. The lowest BCUT2D eigenvalue weighted by Gasteiger charge is -2.26. The van der Waals surface area contributed by atoms with Gasteiger partial charge >= 0.3 is 0 Å². The van der Waals surface area contributed by atoms with Crippen LogP contribution in [0.4, 0.5) is 0 Å². The minimum Gasteiger partial charge on any atom is -0.346 e. The summed E-state index contributed by atoms with van der Waals surface area (Å²) in [6.07, 6.45) is 5.30. The third-order valence-corrected chi connectivity index (χ3v) is 2.88. The zero-order valence-electron chi connectivity index (χ0n) is 10.2. The van der Waals surface area contributed by atoms with Gasteiger partial charge in [0, 0.05) is 13.1 Å². The van der Waals surface area contributed by atoms with Gasteiger partial charge in [-0.2, -0.15) is 0 Å². The van der Waals surface area contributed by atoms with Crippen molar-refractivity contribution in [3.05, 3.63) is 12.7 Å². The number of amides is 2. The molecule has 5 nitrogen and oxygen atoms in total. The first-order chi connectivity index (χ1) is 8.15. The molecule has 2 amide bonds. The molecule has 3 N–H and O–H groups in total. The Balaban J connectivity index is 2.26. The van der Waals surface area contributed by atoms with Crippen LogP contribution < -0.4 is 11.1 Å². The first-order valence-corrected chi connectivity index (χ1v) is 6.07. The summed E-state index contributed by atoms with van der Waals surface area (Å²) >= 11 is 0. The summed E-state index contributed by atoms with van der Waals surface area (Å²) in [6, 6.07) is -0.610. The summed E-state index contributed by atoms with van der Waals surface area (Å²) in [7, 11) is 0. The fraction of sp³-hybridized carbons (Fsp3) is 0.667. The molecule has 0 aromatic carbocycles. The number of nitrogens with one attached hydrogen (secondary N) is 1. The predicted molar refractivity (Wildman–Crippen MR) is 66.2 cm³/mol. The molecular formula is C12H21N3O2. The number of piperidine rings is 1. The smallest absolute Gasteiger partial charge is 0.241 e. The zero-order valence-corrected chi connectivity index (χ0v) is 10.2. The second-order valence-corrected chi connectivity index (χ2v) is 4.29. The highest BCUT2D eigenvalue weighted by atomic mass is 16.2. The van der Waals surface area contributed by atoms with Crippen LogP contribution in [0, 0.1) is 0 Å². The average molecular weight is 239 g/mol. The third kappa shape index (κ3) is 4.56. The predicted octanol–water partition coefficient (Wildman–Crippen LogP) is 0.0185. The summed E-state index contributed by atoms with van der Waals surface area (Å²) < 4.78 is 0. The molecule has 0 aromatic heterocycles. The van der Waals surface area contributed by atoms with Gasteiger partial charge in [-0.1, -0.05) is 6.08 Å². The van der Waals surface area contributed by atoms with Gasteiger partial charge in [0.05, 0.1) is 12.6 Å². The van der Waals surface area contributed by atoms with E-state index in [0.717, 1.165) is 25.9 Å². The second kappa shape index (κ2) is 7.06. The van der Waals surface area contributed by atoms with Crippen LogP contribution in [0.3, 0.4) is 0 Å². The van der Waals surface area contributed by atoms with E-state index in [4.69, 9.17) is 5.73 Å². The van der Waals surface area contributed by atoms with Gasteiger partial charge in [0.25, 0.3) is 0 Å². The summed E-state index contributed by atoms with van der Waals surface area (Å²) in [4.78, 5) is 25.0. The average Bonchev–Trinajstić information content (AvgIpc) is 2.36. The van der Waals surface area contributed by atoms with Crippen molar-refractivity contribution < 1.29 is 9.59 Å². The zero-order chi connectivity index (χ0) is 12.7. The summed E-state index contributed by atoms with van der Waals surface area (Å²) in [5, 5.41) is 2.56. The summed E-state index contributed by atoms with van der Waals surface area (Å²) in [5.74, 6) is -0.320. The third-order valence-electron chi connectivity index (χ3n) is 2.88. The number of carbonyl (C=O) groups excluding carboxylic acids is 2. The van der Waals surface area contributed by atoms with Crippen molar-refractivity contribution >= 4 is 11.8 Å². The van der Waals surface area contributed by atoms with Crippen LogP contribution in [0.5, 0.6) is 0 Å². The number of nitrogens with two attached hydrogens (primary N) is 1. The Morgan fingerprint density at radius 2 is 2.00 bits per heavy atom. The minimum atomic E-state index is -0.610. The SMILES string of the molecule is C=CCC(N)C(=O)NCC(=O)N1CCCCC1. The number of nitrogens with zero attached hydrogens (tertiary/aromatic N) is 1. The molecule has 1 aliphatic rings. The molecule has 1 aliphatic heterocycles. The van der Waals surface area contributed by atoms with Crippen molar-refractivity contribution in [2.24, 2.45) is 5.73 Å². The van der Waals surface area contributed by atoms with E-state index in [0.29, 0.717) is 6.42 Å². The standard InChI is InChI=1S/C12H21N3O2/c1-2-6-10(13)12(17)14-9-11(16)15-7-4-3-5-8-15/h2,10H,1,3-9,13H2,(H,14,17). The quantitative estimate of drug-likeness (QED) is 0.664. The highest BCUT2D eigenvalue weighted by molar-refractivity contribution is 5.87. The number of rotatable bonds is 5. The Morgan fingerprint density at radius 1 is 1.35 bits per heavy atom. The Hall–Kier alpha value is -1.36. The summed E-state index contributed by atoms with van der Waals surface area (Å²) in [5.41, 5.74) is 5.58. The number of carbonyl (C=O) groups is 2. The maximum absolute atomic E-state index is 11.7. The topological polar surface area (TPSA) is 75.4 Å². The van der Waals surface area contributed by atoms with Gasteiger partial charge < -0.3 is 16.0 Å². The molecule has 0 saturated carbocycles. The van der Waals surface area contributed by atoms with Gasteiger partial charge in [0.2, 0.25) is 11.8 Å². The van der Waals surface area contributed by atoms with Crippen LogP contribution >= 0.6 is 0 Å². The van der Waals surface area contributed by atoms with Gasteiger partial charge in [0.1, 0.15) is 0 Å². The van der Waals surface area contributed by atoms with Gasteiger partial charge in [-0.15, -0.1) is 6.58 Å². The van der Waals surface area contributed by atoms with Gasteiger partial charge in [-0.25, -0.2) is 0 Å². The number of hydrogen-bond donors (Lipinski definition) is 2. The lowest BCUT2D eigenvalue weighted by Crippen LogP contribution is -2.46. The molecule has 96 valence electrons. The molecule has 5 heteroatoms. The van der Waals surface area contributed by atoms with E-state index in [2.05, 4.69) is 11.9 Å². The number of likely N-dealkylation sites (tertiary alicyclic amines) is 1. The molecule has 1 heterocycles. The molecule has 0 aromatic rings. The molecule has 0 radical (unpaired) electrons. The van der Waals surface area contributed by atoms with Crippen molar-refractivity contribution in [2.45, 2.75) is 31.7 Å². The maximum Gasteiger partial charge on any atom is 0.241 e. The van der Waals surface area contributed by atoms with Crippen LogP contribution in [0.15, 0.2) is 12.7 Å². The molecule has 1 fully saturated rings. The van der Waals surface area contributed by atoms with Gasteiger partial charge in [0.15, 0.2) is 0 Å². The molecule has 1 rings (SSSR count). The second-order valence-electron chi connectivity index (χ2n) is 4.29. The Kier molecular flexibility index (Phi) is 5.69. The van der Waals surface area contributed by atoms with Crippen LogP contribution in [-0.4, -0.2) is 42.4 Å². The molecule has 0 spiro atoms.